The van der Waals surface area contributed by atoms with Crippen molar-refractivity contribution in [3.05, 3.63) is 12.4 Å². The molecule has 0 aromatic carbocycles. The molecule has 1 atom stereocenters. The van der Waals surface area contributed by atoms with Gasteiger partial charge in [0.15, 0.2) is 0 Å². The van der Waals surface area contributed by atoms with Gasteiger partial charge in [-0.1, -0.05) is 0 Å². The average molecular weight is 185 g/mol. The maximum Gasteiger partial charge on any atom is 0.130 e. The molecule has 0 bridgehead atoms. The fraction of sp³-hybridized carbons (Fsp3) is 0.571. The Kier molecular flexibility index (Phi) is 2.23. The molecule has 1 unspecified atom stereocenters. The number of H-pyrrole nitrogens is 1. The van der Waals surface area contributed by atoms with Crippen LogP contribution in [0.5, 0.6) is 0 Å². The van der Waals surface area contributed by atoms with Crippen LogP contribution in [0.25, 0.3) is 0 Å². The number of hydrogen-bond donors (Lipinski definition) is 1. The van der Waals surface area contributed by atoms with Gasteiger partial charge < -0.3 is 0 Å². The molecule has 1 aromatic heterocycles. The lowest BCUT2D eigenvalue weighted by Gasteiger charge is -2.10. The summed E-state index contributed by atoms with van der Waals surface area (Å²) in [5, 5.41) is 6.43. The van der Waals surface area contributed by atoms with Gasteiger partial charge in [0.1, 0.15) is 11.0 Å². The molecule has 2 rings (SSSR count). The molecule has 2 heterocycles. The molecule has 1 aliphatic heterocycles. The van der Waals surface area contributed by atoms with E-state index in [9.17, 15) is 4.21 Å². The van der Waals surface area contributed by atoms with Crippen molar-refractivity contribution in [3.8, 4) is 0 Å². The second-order valence-corrected chi connectivity index (χ2v) is 4.31. The highest BCUT2D eigenvalue weighted by molar-refractivity contribution is 7.82. The molecule has 0 spiro atoms. The SMILES string of the molecule is O=S(c1cn[nH]c1)N1CCCC1. The molecule has 0 aliphatic carbocycles. The molecular weight excluding hydrogens is 174 g/mol. The second kappa shape index (κ2) is 3.37. The van der Waals surface area contributed by atoms with E-state index in [0.29, 0.717) is 0 Å². The largest absolute Gasteiger partial charge is 0.284 e. The van der Waals surface area contributed by atoms with Gasteiger partial charge in [-0.05, 0) is 12.8 Å². The number of hydrogen-bond acceptors (Lipinski definition) is 2. The lowest BCUT2D eigenvalue weighted by Crippen LogP contribution is -2.21. The summed E-state index contributed by atoms with van der Waals surface area (Å²) in [6, 6.07) is 0. The number of aromatic amines is 1. The zero-order chi connectivity index (χ0) is 8.39. The first-order chi connectivity index (χ1) is 5.88. The Hall–Kier alpha value is -0.680. The predicted molar refractivity (Wildman–Crippen MR) is 45.8 cm³/mol. The Balaban J connectivity index is 2.09. The summed E-state index contributed by atoms with van der Waals surface area (Å²) < 4.78 is 13.7. The summed E-state index contributed by atoms with van der Waals surface area (Å²) in [4.78, 5) is 0.775. The lowest BCUT2D eigenvalue weighted by molar-refractivity contribution is 0.536. The molecule has 1 aromatic rings. The van der Waals surface area contributed by atoms with Gasteiger partial charge >= 0.3 is 0 Å². The van der Waals surface area contributed by atoms with Crippen LogP contribution in [0.1, 0.15) is 12.8 Å². The van der Waals surface area contributed by atoms with Gasteiger partial charge in [-0.15, -0.1) is 0 Å². The average Bonchev–Trinajstić information content (AvgIpc) is 2.77. The van der Waals surface area contributed by atoms with Crippen LogP contribution in [-0.4, -0.2) is 31.8 Å². The van der Waals surface area contributed by atoms with E-state index < -0.39 is 11.0 Å². The van der Waals surface area contributed by atoms with Crippen LogP contribution in [0, 0.1) is 0 Å². The van der Waals surface area contributed by atoms with Crippen molar-refractivity contribution in [2.24, 2.45) is 0 Å². The monoisotopic (exact) mass is 185 g/mol. The molecule has 4 nitrogen and oxygen atoms in total. The minimum Gasteiger partial charge on any atom is -0.284 e. The van der Waals surface area contributed by atoms with Crippen LogP contribution in [0.2, 0.25) is 0 Å². The first-order valence-corrected chi connectivity index (χ1v) is 5.14. The predicted octanol–water partition coefficient (Wildman–Crippen LogP) is 0.528. The molecular formula is C7H11N3OS. The maximum atomic E-state index is 11.7. The van der Waals surface area contributed by atoms with Gasteiger partial charge in [0.2, 0.25) is 0 Å². The highest BCUT2D eigenvalue weighted by atomic mass is 32.2. The number of aromatic nitrogens is 2. The van der Waals surface area contributed by atoms with E-state index in [4.69, 9.17) is 0 Å². The van der Waals surface area contributed by atoms with Crippen LogP contribution in [0.4, 0.5) is 0 Å². The summed E-state index contributed by atoms with van der Waals surface area (Å²) >= 11 is 0. The molecule has 0 saturated carbocycles. The van der Waals surface area contributed by atoms with E-state index in [0.717, 1.165) is 30.8 Å². The smallest absolute Gasteiger partial charge is 0.130 e. The molecule has 1 N–H and O–H groups in total. The van der Waals surface area contributed by atoms with Crippen molar-refractivity contribution in [2.75, 3.05) is 13.1 Å². The number of rotatable bonds is 2. The van der Waals surface area contributed by atoms with E-state index in [1.165, 1.54) is 0 Å². The molecule has 1 fully saturated rings. The first kappa shape index (κ1) is 7.94. The van der Waals surface area contributed by atoms with Gasteiger partial charge in [-0.3, -0.25) is 5.10 Å². The Bertz CT molecular complexity index is 266. The summed E-state index contributed by atoms with van der Waals surface area (Å²) in [7, 11) is -0.988. The summed E-state index contributed by atoms with van der Waals surface area (Å²) in [5.74, 6) is 0. The summed E-state index contributed by atoms with van der Waals surface area (Å²) in [6.45, 7) is 1.88. The third-order valence-electron chi connectivity index (χ3n) is 1.97. The zero-order valence-corrected chi connectivity index (χ0v) is 7.51. The van der Waals surface area contributed by atoms with Gasteiger partial charge in [0, 0.05) is 19.3 Å². The van der Waals surface area contributed by atoms with E-state index in [2.05, 4.69) is 10.2 Å². The van der Waals surface area contributed by atoms with E-state index in [-0.39, 0.29) is 0 Å². The quantitative estimate of drug-likeness (QED) is 0.730. The summed E-state index contributed by atoms with van der Waals surface area (Å²) in [5.41, 5.74) is 0. The lowest BCUT2D eigenvalue weighted by atomic mass is 10.4. The Labute approximate surface area is 73.6 Å². The van der Waals surface area contributed by atoms with E-state index >= 15 is 0 Å². The fourth-order valence-electron chi connectivity index (χ4n) is 1.34. The van der Waals surface area contributed by atoms with Crippen LogP contribution in [-0.2, 0) is 11.0 Å². The first-order valence-electron chi connectivity index (χ1n) is 4.03. The minimum atomic E-state index is -0.988. The highest BCUT2D eigenvalue weighted by Crippen LogP contribution is 2.15. The zero-order valence-electron chi connectivity index (χ0n) is 6.69. The topological polar surface area (TPSA) is 49.0 Å². The normalized spacial score (nSPS) is 21.3. The molecule has 12 heavy (non-hydrogen) atoms. The van der Waals surface area contributed by atoms with Crippen molar-refractivity contribution in [1.29, 1.82) is 0 Å². The molecule has 0 amide bonds. The van der Waals surface area contributed by atoms with E-state index in [1.807, 2.05) is 4.31 Å². The standard InChI is InChI=1S/C7H11N3OS/c11-12(7-5-8-9-6-7)10-3-1-2-4-10/h5-6H,1-4H2,(H,8,9). The van der Waals surface area contributed by atoms with E-state index in [1.54, 1.807) is 12.4 Å². The minimum absolute atomic E-state index is 0.775. The van der Waals surface area contributed by atoms with Gasteiger partial charge in [-0.25, -0.2) is 8.51 Å². The third kappa shape index (κ3) is 1.42. The van der Waals surface area contributed by atoms with Crippen LogP contribution >= 0.6 is 0 Å². The third-order valence-corrected chi connectivity index (χ3v) is 3.44. The number of nitrogens with one attached hydrogen (secondary N) is 1. The van der Waals surface area contributed by atoms with Gasteiger partial charge in [-0.2, -0.15) is 5.10 Å². The van der Waals surface area contributed by atoms with Crippen LogP contribution < -0.4 is 0 Å². The molecule has 66 valence electrons. The molecule has 1 aliphatic rings. The van der Waals surface area contributed by atoms with Crippen molar-refractivity contribution in [1.82, 2.24) is 14.5 Å². The Morgan fingerprint density at radius 1 is 1.50 bits per heavy atom. The number of nitrogens with zero attached hydrogens (tertiary/aromatic N) is 2. The Morgan fingerprint density at radius 3 is 2.83 bits per heavy atom. The fourth-order valence-corrected chi connectivity index (χ4v) is 2.52. The Morgan fingerprint density at radius 2 is 2.25 bits per heavy atom. The summed E-state index contributed by atoms with van der Waals surface area (Å²) in [6.07, 6.45) is 5.62. The highest BCUT2D eigenvalue weighted by Gasteiger charge is 2.19. The van der Waals surface area contributed by atoms with Gasteiger partial charge in [0.05, 0.1) is 11.1 Å². The van der Waals surface area contributed by atoms with Crippen LogP contribution in [0.3, 0.4) is 0 Å². The molecule has 1 saturated heterocycles. The van der Waals surface area contributed by atoms with Crippen molar-refractivity contribution < 1.29 is 4.21 Å². The van der Waals surface area contributed by atoms with Crippen molar-refractivity contribution in [2.45, 2.75) is 17.7 Å². The maximum absolute atomic E-state index is 11.7. The van der Waals surface area contributed by atoms with Crippen LogP contribution in [0.15, 0.2) is 17.3 Å². The van der Waals surface area contributed by atoms with Crippen molar-refractivity contribution in [3.63, 3.8) is 0 Å². The van der Waals surface area contributed by atoms with Crippen molar-refractivity contribution >= 4 is 11.0 Å². The molecule has 0 radical (unpaired) electrons. The van der Waals surface area contributed by atoms with Gasteiger partial charge in [0.25, 0.3) is 0 Å². The second-order valence-electron chi connectivity index (χ2n) is 2.82. The molecule has 5 heteroatoms.